The molecule has 0 aliphatic heterocycles. The summed E-state index contributed by atoms with van der Waals surface area (Å²) in [5.41, 5.74) is 0. The van der Waals surface area contributed by atoms with E-state index in [0.717, 1.165) is 19.4 Å². The highest BCUT2D eigenvalue weighted by Crippen LogP contribution is 2.37. The summed E-state index contributed by atoms with van der Waals surface area (Å²) in [4.78, 5) is 23.7. The molecule has 0 aromatic carbocycles. The van der Waals surface area contributed by atoms with Crippen LogP contribution in [0.3, 0.4) is 0 Å². The molecule has 2 N–H and O–H groups in total. The molecular formula is C23H39NO4. The van der Waals surface area contributed by atoms with Crippen molar-refractivity contribution < 1.29 is 19.4 Å². The summed E-state index contributed by atoms with van der Waals surface area (Å²) in [5.74, 6) is 0.436. The Hall–Kier alpha value is -1.46. The molecule has 28 heavy (non-hydrogen) atoms. The van der Waals surface area contributed by atoms with Gasteiger partial charge in [0.25, 0.3) is 0 Å². The predicted octanol–water partition coefficient (Wildman–Crippen LogP) is 3.81. The maximum atomic E-state index is 12.5. The minimum atomic E-state index is -1.08. The number of aliphatic hydroxyl groups is 1. The molecule has 1 fully saturated rings. The summed E-state index contributed by atoms with van der Waals surface area (Å²) in [5, 5.41) is 12.8. The molecule has 0 heterocycles. The largest absolute Gasteiger partial charge is 0.467 e. The SMILES string of the molecule is CCCCCC/C=C/[C@H]1[C@H](CNC)CC(=O)[C@@H]1C/C=C\CCC(O)C(=O)OC. The van der Waals surface area contributed by atoms with Crippen LogP contribution in [0.4, 0.5) is 0 Å². The van der Waals surface area contributed by atoms with E-state index < -0.39 is 12.1 Å². The zero-order valence-corrected chi connectivity index (χ0v) is 17.9. The Bertz CT molecular complexity index is 515. The average Bonchev–Trinajstić information content (AvgIpc) is 2.98. The number of carbonyl (C=O) groups excluding carboxylic acids is 2. The molecule has 0 saturated heterocycles. The molecule has 5 heteroatoms. The van der Waals surface area contributed by atoms with E-state index in [9.17, 15) is 14.7 Å². The lowest BCUT2D eigenvalue weighted by atomic mass is 9.86. The van der Waals surface area contributed by atoms with Crippen LogP contribution in [-0.4, -0.2) is 43.7 Å². The van der Waals surface area contributed by atoms with Crippen molar-refractivity contribution in [3.05, 3.63) is 24.3 Å². The standard InChI is InChI=1S/C23H39NO4/c1-4-5-6-7-8-10-13-19-18(17-24-2)16-22(26)20(19)14-11-9-12-15-21(25)23(27)28-3/h9-11,13,18-21,24-25H,4-8,12,14-17H2,1-3H3/b11-9-,13-10+/t18-,19-,20+,21?/m0/s1. The van der Waals surface area contributed by atoms with Crippen LogP contribution in [-0.2, 0) is 14.3 Å². The first-order valence-corrected chi connectivity index (χ1v) is 10.8. The highest BCUT2D eigenvalue weighted by atomic mass is 16.5. The minimum Gasteiger partial charge on any atom is -0.467 e. The number of Topliss-reactive ketones (excluding diaryl/α,β-unsaturated/α-hetero) is 1. The average molecular weight is 394 g/mol. The molecule has 0 aromatic heterocycles. The van der Waals surface area contributed by atoms with Crippen molar-refractivity contribution in [3.63, 3.8) is 0 Å². The Morgan fingerprint density at radius 3 is 2.71 bits per heavy atom. The van der Waals surface area contributed by atoms with E-state index in [4.69, 9.17) is 0 Å². The van der Waals surface area contributed by atoms with Crippen LogP contribution in [0.5, 0.6) is 0 Å². The molecule has 5 nitrogen and oxygen atoms in total. The van der Waals surface area contributed by atoms with Gasteiger partial charge in [-0.05, 0) is 57.5 Å². The van der Waals surface area contributed by atoms with Gasteiger partial charge < -0.3 is 15.2 Å². The van der Waals surface area contributed by atoms with Gasteiger partial charge in [0.15, 0.2) is 6.10 Å². The highest BCUT2D eigenvalue weighted by molar-refractivity contribution is 5.84. The molecule has 1 aliphatic carbocycles. The van der Waals surface area contributed by atoms with Crippen LogP contribution in [0.2, 0.25) is 0 Å². The second kappa shape index (κ2) is 14.5. The number of esters is 1. The van der Waals surface area contributed by atoms with Crippen molar-refractivity contribution in [1.82, 2.24) is 5.32 Å². The van der Waals surface area contributed by atoms with Gasteiger partial charge in [-0.1, -0.05) is 50.5 Å². The van der Waals surface area contributed by atoms with Crippen LogP contribution in [0.25, 0.3) is 0 Å². The van der Waals surface area contributed by atoms with E-state index in [-0.39, 0.29) is 11.8 Å². The zero-order chi connectivity index (χ0) is 20.8. The molecule has 0 spiro atoms. The van der Waals surface area contributed by atoms with Crippen molar-refractivity contribution in [2.24, 2.45) is 17.8 Å². The smallest absolute Gasteiger partial charge is 0.334 e. The zero-order valence-electron chi connectivity index (χ0n) is 17.9. The summed E-state index contributed by atoms with van der Waals surface area (Å²) in [6.07, 6.45) is 15.9. The van der Waals surface area contributed by atoms with Gasteiger partial charge in [-0.15, -0.1) is 0 Å². The first-order chi connectivity index (χ1) is 13.5. The summed E-state index contributed by atoms with van der Waals surface area (Å²) in [6.45, 7) is 3.08. The summed E-state index contributed by atoms with van der Waals surface area (Å²) in [7, 11) is 3.21. The summed E-state index contributed by atoms with van der Waals surface area (Å²) >= 11 is 0. The van der Waals surface area contributed by atoms with E-state index in [2.05, 4.69) is 29.1 Å². The second-order valence-electron chi connectivity index (χ2n) is 7.77. The van der Waals surface area contributed by atoms with E-state index in [1.165, 1.54) is 32.8 Å². The number of aliphatic hydroxyl groups excluding tert-OH is 1. The third-order valence-corrected chi connectivity index (χ3v) is 5.57. The normalized spacial score (nSPS) is 23.7. The number of hydrogen-bond acceptors (Lipinski definition) is 5. The Labute approximate surface area is 170 Å². The number of methoxy groups -OCH3 is 1. The van der Waals surface area contributed by atoms with Crippen LogP contribution >= 0.6 is 0 Å². The molecule has 0 aromatic rings. The molecule has 1 unspecified atom stereocenters. The van der Waals surface area contributed by atoms with Gasteiger partial charge in [-0.2, -0.15) is 0 Å². The number of ether oxygens (including phenoxy) is 1. The Morgan fingerprint density at radius 1 is 1.25 bits per heavy atom. The highest BCUT2D eigenvalue weighted by Gasteiger charge is 2.39. The quantitative estimate of drug-likeness (QED) is 0.267. The molecule has 0 amide bonds. The Balaban J connectivity index is 2.54. The van der Waals surface area contributed by atoms with Crippen molar-refractivity contribution in [1.29, 1.82) is 0 Å². The summed E-state index contributed by atoms with van der Waals surface area (Å²) < 4.78 is 4.51. The van der Waals surface area contributed by atoms with Crippen LogP contribution in [0.1, 0.15) is 64.7 Å². The van der Waals surface area contributed by atoms with E-state index in [0.29, 0.717) is 31.0 Å². The second-order valence-corrected chi connectivity index (χ2v) is 7.77. The van der Waals surface area contributed by atoms with Gasteiger partial charge >= 0.3 is 5.97 Å². The van der Waals surface area contributed by atoms with E-state index in [1.54, 1.807) is 0 Å². The van der Waals surface area contributed by atoms with E-state index >= 15 is 0 Å². The third kappa shape index (κ3) is 8.70. The molecule has 0 bridgehead atoms. The number of nitrogens with one attached hydrogen (secondary N) is 1. The fourth-order valence-corrected chi connectivity index (χ4v) is 3.95. The van der Waals surface area contributed by atoms with Gasteiger partial charge in [0.05, 0.1) is 7.11 Å². The Morgan fingerprint density at radius 2 is 2.04 bits per heavy atom. The minimum absolute atomic E-state index is 0.0343. The lowest BCUT2D eigenvalue weighted by molar-refractivity contribution is -0.150. The van der Waals surface area contributed by atoms with Crippen molar-refractivity contribution in [2.45, 2.75) is 70.8 Å². The lowest BCUT2D eigenvalue weighted by Gasteiger charge is -2.20. The van der Waals surface area contributed by atoms with Gasteiger partial charge in [0.1, 0.15) is 5.78 Å². The van der Waals surface area contributed by atoms with Crippen molar-refractivity contribution in [2.75, 3.05) is 20.7 Å². The number of allylic oxidation sites excluding steroid dienone is 4. The molecule has 4 atom stereocenters. The first-order valence-electron chi connectivity index (χ1n) is 10.8. The molecular weight excluding hydrogens is 354 g/mol. The fraction of sp³-hybridized carbons (Fsp3) is 0.739. The Kier molecular flexibility index (Phi) is 12.8. The van der Waals surface area contributed by atoms with Gasteiger partial charge in [-0.3, -0.25) is 4.79 Å². The number of ketones is 1. The van der Waals surface area contributed by atoms with Gasteiger partial charge in [0.2, 0.25) is 0 Å². The lowest BCUT2D eigenvalue weighted by Crippen LogP contribution is -2.23. The number of unbranched alkanes of at least 4 members (excludes halogenated alkanes) is 4. The van der Waals surface area contributed by atoms with Crippen LogP contribution in [0.15, 0.2) is 24.3 Å². The molecule has 1 aliphatic rings. The van der Waals surface area contributed by atoms with Crippen molar-refractivity contribution in [3.8, 4) is 0 Å². The van der Waals surface area contributed by atoms with Gasteiger partial charge in [-0.25, -0.2) is 4.79 Å². The topological polar surface area (TPSA) is 75.6 Å². The van der Waals surface area contributed by atoms with E-state index in [1.807, 2.05) is 19.2 Å². The molecule has 1 rings (SSSR count). The molecule has 160 valence electrons. The fourth-order valence-electron chi connectivity index (χ4n) is 3.95. The number of hydrogen-bond donors (Lipinski definition) is 2. The summed E-state index contributed by atoms with van der Waals surface area (Å²) in [6, 6.07) is 0. The van der Waals surface area contributed by atoms with Gasteiger partial charge in [0, 0.05) is 12.3 Å². The molecule has 1 saturated carbocycles. The monoisotopic (exact) mass is 393 g/mol. The maximum Gasteiger partial charge on any atom is 0.334 e. The maximum absolute atomic E-state index is 12.5. The number of carbonyl (C=O) groups is 2. The first kappa shape index (κ1) is 24.6. The predicted molar refractivity (Wildman–Crippen MR) is 113 cm³/mol. The molecule has 0 radical (unpaired) electrons. The third-order valence-electron chi connectivity index (χ3n) is 5.57. The van der Waals surface area contributed by atoms with Crippen LogP contribution < -0.4 is 5.32 Å². The van der Waals surface area contributed by atoms with Crippen LogP contribution in [0, 0.1) is 17.8 Å². The van der Waals surface area contributed by atoms with Crippen molar-refractivity contribution >= 4 is 11.8 Å². The number of rotatable bonds is 14.